The van der Waals surface area contributed by atoms with Crippen LogP contribution in [0.3, 0.4) is 0 Å². The molecule has 1 saturated heterocycles. The molecule has 0 radical (unpaired) electrons. The van der Waals surface area contributed by atoms with E-state index in [2.05, 4.69) is 32.7 Å². The van der Waals surface area contributed by atoms with Crippen LogP contribution in [0, 0.1) is 12.8 Å². The van der Waals surface area contributed by atoms with Gasteiger partial charge in [0.15, 0.2) is 0 Å². The number of benzene rings is 1. The summed E-state index contributed by atoms with van der Waals surface area (Å²) in [7, 11) is 0. The number of aryl methyl sites for hydroxylation is 1. The van der Waals surface area contributed by atoms with Crippen LogP contribution in [-0.4, -0.2) is 40.4 Å². The molecule has 3 heterocycles. The molecule has 27 heavy (non-hydrogen) atoms. The maximum absolute atomic E-state index is 13.1. The number of hydrogen-bond acceptors (Lipinski definition) is 4. The van der Waals surface area contributed by atoms with E-state index < -0.39 is 0 Å². The molecule has 1 amide bonds. The number of hydrogen-bond donors (Lipinski definition) is 0. The van der Waals surface area contributed by atoms with Crippen molar-refractivity contribution in [3.8, 4) is 0 Å². The smallest absolute Gasteiger partial charge is 0.255 e. The van der Waals surface area contributed by atoms with Gasteiger partial charge in [0.2, 0.25) is 0 Å². The van der Waals surface area contributed by atoms with Crippen molar-refractivity contribution in [1.82, 2.24) is 14.9 Å². The number of aromatic nitrogens is 2. The van der Waals surface area contributed by atoms with Crippen LogP contribution in [0.2, 0.25) is 0 Å². The summed E-state index contributed by atoms with van der Waals surface area (Å²) in [6.45, 7) is 7.62. The highest BCUT2D eigenvalue weighted by molar-refractivity contribution is 9.10. The number of nitrogens with zero attached hydrogens (tertiary/aromatic N) is 4. The SMILES string of the molecule is Cc1nc2c(c(N3CCC(C)CC3)n1)CN(C(=O)c1ccccc1Br)CC2. The molecule has 0 spiro atoms. The third-order valence-corrected chi connectivity index (χ3v) is 6.32. The number of halogens is 1. The molecule has 1 aromatic heterocycles. The molecule has 4 rings (SSSR count). The van der Waals surface area contributed by atoms with Crippen molar-refractivity contribution in [1.29, 1.82) is 0 Å². The zero-order valence-corrected chi connectivity index (χ0v) is 17.5. The fourth-order valence-corrected chi connectivity index (χ4v) is 4.43. The molecule has 2 aromatic rings. The predicted octanol–water partition coefficient (Wildman–Crippen LogP) is 3.98. The van der Waals surface area contributed by atoms with Gasteiger partial charge in [-0.25, -0.2) is 9.97 Å². The molecule has 0 N–H and O–H groups in total. The molecule has 6 heteroatoms. The van der Waals surface area contributed by atoms with Crippen molar-refractivity contribution in [2.75, 3.05) is 24.5 Å². The van der Waals surface area contributed by atoms with Crippen LogP contribution in [0.4, 0.5) is 5.82 Å². The molecular weight excluding hydrogens is 404 g/mol. The van der Waals surface area contributed by atoms with Crippen molar-refractivity contribution in [2.24, 2.45) is 5.92 Å². The van der Waals surface area contributed by atoms with Crippen LogP contribution >= 0.6 is 15.9 Å². The summed E-state index contributed by atoms with van der Waals surface area (Å²) >= 11 is 3.51. The Morgan fingerprint density at radius 3 is 2.63 bits per heavy atom. The van der Waals surface area contributed by atoms with Gasteiger partial charge in [0.1, 0.15) is 11.6 Å². The largest absolute Gasteiger partial charge is 0.356 e. The van der Waals surface area contributed by atoms with E-state index in [1.54, 1.807) is 0 Å². The minimum absolute atomic E-state index is 0.0620. The molecule has 0 aliphatic carbocycles. The maximum Gasteiger partial charge on any atom is 0.255 e. The standard InChI is InChI=1S/C21H25BrN4O/c1-14-7-10-25(11-8-14)20-17-13-26(12-9-19(17)23-15(2)24-20)21(27)16-5-3-4-6-18(16)22/h3-6,14H,7-13H2,1-2H3. The second-order valence-electron chi connectivity index (χ2n) is 7.65. The number of piperidine rings is 1. The van der Waals surface area contributed by atoms with Crippen molar-refractivity contribution in [3.63, 3.8) is 0 Å². The highest BCUT2D eigenvalue weighted by Gasteiger charge is 2.29. The van der Waals surface area contributed by atoms with Crippen LogP contribution in [0.15, 0.2) is 28.7 Å². The van der Waals surface area contributed by atoms with Crippen molar-refractivity contribution >= 4 is 27.7 Å². The van der Waals surface area contributed by atoms with E-state index >= 15 is 0 Å². The van der Waals surface area contributed by atoms with Crippen LogP contribution in [0.1, 0.15) is 47.2 Å². The van der Waals surface area contributed by atoms with E-state index in [9.17, 15) is 4.79 Å². The molecule has 0 bridgehead atoms. The lowest BCUT2D eigenvalue weighted by atomic mass is 9.98. The third kappa shape index (κ3) is 3.72. The summed E-state index contributed by atoms with van der Waals surface area (Å²) in [6, 6.07) is 7.62. The highest BCUT2D eigenvalue weighted by atomic mass is 79.9. The average Bonchev–Trinajstić information content (AvgIpc) is 2.67. The second kappa shape index (κ2) is 7.58. The van der Waals surface area contributed by atoms with Gasteiger partial charge in [0.05, 0.1) is 17.8 Å². The first kappa shape index (κ1) is 18.4. The molecule has 0 atom stereocenters. The Hall–Kier alpha value is -1.95. The van der Waals surface area contributed by atoms with Crippen LogP contribution in [0.5, 0.6) is 0 Å². The monoisotopic (exact) mass is 428 g/mol. The van der Waals surface area contributed by atoms with Gasteiger partial charge in [-0.2, -0.15) is 0 Å². The Kier molecular flexibility index (Phi) is 5.17. The van der Waals surface area contributed by atoms with E-state index in [4.69, 9.17) is 4.98 Å². The van der Waals surface area contributed by atoms with E-state index in [1.165, 1.54) is 12.8 Å². The topological polar surface area (TPSA) is 49.3 Å². The third-order valence-electron chi connectivity index (χ3n) is 5.62. The molecule has 142 valence electrons. The van der Waals surface area contributed by atoms with E-state index in [1.807, 2.05) is 36.1 Å². The number of carbonyl (C=O) groups excluding carboxylic acids is 1. The van der Waals surface area contributed by atoms with Gasteiger partial charge < -0.3 is 9.80 Å². The van der Waals surface area contributed by atoms with Crippen LogP contribution in [0.25, 0.3) is 0 Å². The number of amides is 1. The first-order chi connectivity index (χ1) is 13.0. The molecule has 2 aliphatic heterocycles. The minimum Gasteiger partial charge on any atom is -0.356 e. The van der Waals surface area contributed by atoms with Gasteiger partial charge >= 0.3 is 0 Å². The summed E-state index contributed by atoms with van der Waals surface area (Å²) in [4.78, 5) is 26.9. The number of carbonyl (C=O) groups is 1. The first-order valence-corrected chi connectivity index (χ1v) is 10.5. The summed E-state index contributed by atoms with van der Waals surface area (Å²) in [5.41, 5.74) is 2.94. The van der Waals surface area contributed by atoms with Crippen molar-refractivity contribution < 1.29 is 4.79 Å². The Balaban J connectivity index is 1.63. The van der Waals surface area contributed by atoms with Gasteiger partial charge in [-0.05, 0) is 53.7 Å². The number of anilines is 1. The fourth-order valence-electron chi connectivity index (χ4n) is 3.98. The maximum atomic E-state index is 13.1. The number of rotatable bonds is 2. The summed E-state index contributed by atoms with van der Waals surface area (Å²) in [6.07, 6.45) is 3.17. The zero-order chi connectivity index (χ0) is 19.0. The van der Waals surface area contributed by atoms with E-state index in [-0.39, 0.29) is 5.91 Å². The van der Waals surface area contributed by atoms with E-state index in [0.717, 1.165) is 52.8 Å². The molecular formula is C21H25BrN4O. The highest BCUT2D eigenvalue weighted by Crippen LogP contribution is 2.31. The van der Waals surface area contributed by atoms with Gasteiger partial charge in [0.25, 0.3) is 5.91 Å². The van der Waals surface area contributed by atoms with Gasteiger partial charge in [-0.3, -0.25) is 4.79 Å². The lowest BCUT2D eigenvalue weighted by Crippen LogP contribution is -2.40. The zero-order valence-electron chi connectivity index (χ0n) is 15.9. The van der Waals surface area contributed by atoms with Crippen LogP contribution < -0.4 is 4.90 Å². The molecule has 1 aromatic carbocycles. The van der Waals surface area contributed by atoms with Gasteiger partial charge in [-0.1, -0.05) is 19.1 Å². The Morgan fingerprint density at radius 1 is 1.15 bits per heavy atom. The predicted molar refractivity (Wildman–Crippen MR) is 110 cm³/mol. The van der Waals surface area contributed by atoms with Crippen molar-refractivity contribution in [2.45, 2.75) is 39.7 Å². The minimum atomic E-state index is 0.0620. The first-order valence-electron chi connectivity index (χ1n) is 9.68. The Bertz CT molecular complexity index is 861. The average molecular weight is 429 g/mol. The summed E-state index contributed by atoms with van der Waals surface area (Å²) in [5, 5.41) is 0. The second-order valence-corrected chi connectivity index (χ2v) is 8.50. The van der Waals surface area contributed by atoms with Gasteiger partial charge in [-0.15, -0.1) is 0 Å². The van der Waals surface area contributed by atoms with E-state index in [0.29, 0.717) is 18.7 Å². The number of fused-ring (bicyclic) bond motifs is 1. The molecule has 0 saturated carbocycles. The molecule has 0 unspecified atom stereocenters. The quantitative estimate of drug-likeness (QED) is 0.725. The Morgan fingerprint density at radius 2 is 1.89 bits per heavy atom. The molecule has 1 fully saturated rings. The lowest BCUT2D eigenvalue weighted by molar-refractivity contribution is 0.0732. The molecule has 2 aliphatic rings. The summed E-state index contributed by atoms with van der Waals surface area (Å²) in [5.74, 6) is 2.70. The Labute approximate surface area is 168 Å². The van der Waals surface area contributed by atoms with Crippen molar-refractivity contribution in [3.05, 3.63) is 51.4 Å². The normalized spacial score (nSPS) is 17.7. The lowest BCUT2D eigenvalue weighted by Gasteiger charge is -2.36. The fraction of sp³-hybridized carbons (Fsp3) is 0.476. The summed E-state index contributed by atoms with van der Waals surface area (Å²) < 4.78 is 0.839. The van der Waals surface area contributed by atoms with Crippen LogP contribution in [-0.2, 0) is 13.0 Å². The van der Waals surface area contributed by atoms with Gasteiger partial charge in [0, 0.05) is 36.1 Å². The molecule has 5 nitrogen and oxygen atoms in total.